The summed E-state index contributed by atoms with van der Waals surface area (Å²) in [6.45, 7) is 3.18. The van der Waals surface area contributed by atoms with Crippen molar-refractivity contribution in [3.63, 3.8) is 0 Å². The molecule has 2 fully saturated rings. The number of aryl methyl sites for hydroxylation is 1. The molecular formula is C30H36BrNO5S2. The molecule has 2 aromatic heterocycles. The smallest absolute Gasteiger partial charge is 0.349 e. The van der Waals surface area contributed by atoms with Crippen LogP contribution in [0.4, 0.5) is 0 Å². The highest BCUT2D eigenvalue weighted by Gasteiger charge is 2.53. The number of esters is 2. The molecule has 0 saturated carbocycles. The number of halogens is 1. The molecule has 0 amide bonds. The van der Waals surface area contributed by atoms with E-state index in [-0.39, 0.29) is 29.1 Å². The van der Waals surface area contributed by atoms with Crippen LogP contribution in [0, 0.1) is 0 Å². The number of carbonyl (C=O) groups excluding carboxylic acids is 2. The van der Waals surface area contributed by atoms with Crippen molar-refractivity contribution in [2.45, 2.75) is 75.8 Å². The molecule has 0 unspecified atom stereocenters. The molecule has 2 saturated heterocycles. The second-order valence-electron chi connectivity index (χ2n) is 10.7. The summed E-state index contributed by atoms with van der Waals surface area (Å²) in [6.07, 6.45) is 4.75. The van der Waals surface area contributed by atoms with Gasteiger partial charge in [0.25, 0.3) is 0 Å². The van der Waals surface area contributed by atoms with Crippen molar-refractivity contribution < 1.29 is 45.6 Å². The van der Waals surface area contributed by atoms with Crippen molar-refractivity contribution in [2.75, 3.05) is 13.7 Å². The highest BCUT2D eigenvalue weighted by Crippen LogP contribution is 2.45. The van der Waals surface area contributed by atoms with Gasteiger partial charge in [-0.3, -0.25) is 4.79 Å². The van der Waals surface area contributed by atoms with Crippen molar-refractivity contribution in [1.29, 1.82) is 0 Å². The first kappa shape index (κ1) is 29.9. The number of rotatable bonds is 10. The number of hydrogen-bond donors (Lipinski definition) is 1. The minimum atomic E-state index is -1.76. The van der Waals surface area contributed by atoms with E-state index in [0.29, 0.717) is 41.3 Å². The maximum absolute atomic E-state index is 13.5. The van der Waals surface area contributed by atoms with Crippen LogP contribution in [0.5, 0.6) is 0 Å². The molecule has 2 aliphatic rings. The lowest BCUT2D eigenvalue weighted by Crippen LogP contribution is -3.00. The Balaban J connectivity index is 0.00000353. The monoisotopic (exact) mass is 633 g/mol. The minimum Gasteiger partial charge on any atom is -1.00 e. The number of hydrogen-bond acceptors (Lipinski definition) is 7. The van der Waals surface area contributed by atoms with Gasteiger partial charge >= 0.3 is 11.9 Å². The van der Waals surface area contributed by atoms with E-state index in [1.165, 1.54) is 28.2 Å². The fraction of sp³-hybridized carbons (Fsp3) is 0.467. The van der Waals surface area contributed by atoms with E-state index in [2.05, 4.69) is 31.3 Å². The first-order valence-corrected chi connectivity index (χ1v) is 15.2. The second kappa shape index (κ2) is 12.6. The SMILES string of the molecule is CCOC(=O)CCc1ccc(C[N@+]2(C)[C@@H]3CC[C@H]2C[C@@H](OC(=O)C(O)(c2cccs2)c2cccs2)C3)cc1.[Br-]. The number of fused-ring (bicyclic) bond motifs is 2. The lowest BCUT2D eigenvalue weighted by Gasteiger charge is -2.47. The van der Waals surface area contributed by atoms with Crippen molar-refractivity contribution in [2.24, 2.45) is 0 Å². The molecule has 39 heavy (non-hydrogen) atoms. The zero-order chi connectivity index (χ0) is 26.8. The Morgan fingerprint density at radius 1 is 0.974 bits per heavy atom. The summed E-state index contributed by atoms with van der Waals surface area (Å²) in [7, 11) is 2.34. The maximum Gasteiger partial charge on any atom is 0.349 e. The normalized spacial score (nSPS) is 24.1. The lowest BCUT2D eigenvalue weighted by atomic mass is 9.94. The molecule has 1 N–H and O–H groups in total. The van der Waals surface area contributed by atoms with E-state index in [9.17, 15) is 14.7 Å². The molecule has 4 heterocycles. The third-order valence-electron chi connectivity index (χ3n) is 8.37. The van der Waals surface area contributed by atoms with Gasteiger partial charge in [0.15, 0.2) is 0 Å². The van der Waals surface area contributed by atoms with Crippen molar-refractivity contribution >= 4 is 34.6 Å². The zero-order valence-electron chi connectivity index (χ0n) is 22.4. The molecule has 9 heteroatoms. The van der Waals surface area contributed by atoms with Crippen LogP contribution in [0.15, 0.2) is 59.3 Å². The summed E-state index contributed by atoms with van der Waals surface area (Å²) in [5.74, 6) is -0.722. The standard InChI is InChI=1S/C30H36NO5S2.BrH/c1-3-35-28(32)15-12-21-8-10-22(11-9-21)20-31(2)23-13-14-24(31)19-25(18-23)36-29(33)30(34,26-6-4-16-37-26)27-7-5-17-38-27;/h4-11,16-17,23-25,34H,3,12-15,18-20H2,1-2H3;1H/q+1;/p-1/t23-,24+,25+,31-;. The third kappa shape index (κ3) is 6.17. The Hall–Kier alpha value is -2.04. The van der Waals surface area contributed by atoms with Gasteiger partial charge in [-0.15, -0.1) is 22.7 Å². The van der Waals surface area contributed by atoms with E-state index in [1.807, 2.05) is 29.8 Å². The van der Waals surface area contributed by atoms with E-state index in [1.54, 1.807) is 12.1 Å². The van der Waals surface area contributed by atoms with Crippen molar-refractivity contribution in [3.05, 3.63) is 80.2 Å². The van der Waals surface area contributed by atoms with Crippen LogP contribution in [0.3, 0.4) is 0 Å². The van der Waals surface area contributed by atoms with Crippen LogP contribution in [0.25, 0.3) is 0 Å². The predicted molar refractivity (Wildman–Crippen MR) is 149 cm³/mol. The molecule has 3 aromatic rings. The largest absolute Gasteiger partial charge is 1.00 e. The lowest BCUT2D eigenvalue weighted by molar-refractivity contribution is -0.961. The highest BCUT2D eigenvalue weighted by atomic mass is 79.9. The Bertz CT molecular complexity index is 1180. The van der Waals surface area contributed by atoms with E-state index in [4.69, 9.17) is 9.47 Å². The Morgan fingerprint density at radius 2 is 1.54 bits per heavy atom. The summed E-state index contributed by atoms with van der Waals surface area (Å²) < 4.78 is 12.1. The van der Waals surface area contributed by atoms with Crippen molar-refractivity contribution in [1.82, 2.24) is 0 Å². The van der Waals surface area contributed by atoms with Gasteiger partial charge in [0, 0.05) is 37.7 Å². The number of nitrogens with zero attached hydrogens (tertiary/aromatic N) is 1. The Labute approximate surface area is 248 Å². The summed E-state index contributed by atoms with van der Waals surface area (Å²) in [6, 6.07) is 16.7. The molecule has 0 spiro atoms. The summed E-state index contributed by atoms with van der Waals surface area (Å²) >= 11 is 2.74. The molecule has 0 aliphatic carbocycles. The molecule has 5 rings (SSSR count). The Kier molecular flexibility index (Phi) is 9.70. The van der Waals surface area contributed by atoms with Gasteiger partial charge in [-0.2, -0.15) is 0 Å². The van der Waals surface area contributed by atoms with Crippen LogP contribution in [0.1, 0.15) is 59.9 Å². The molecule has 2 bridgehead atoms. The predicted octanol–water partition coefficient (Wildman–Crippen LogP) is 2.43. The fourth-order valence-electron chi connectivity index (χ4n) is 6.26. The number of thiophene rings is 2. The molecular weight excluding hydrogens is 598 g/mol. The average molecular weight is 635 g/mol. The number of quaternary nitrogens is 1. The van der Waals surface area contributed by atoms with Gasteiger partial charge in [-0.25, -0.2) is 4.79 Å². The molecule has 0 radical (unpaired) electrons. The van der Waals surface area contributed by atoms with Crippen LogP contribution >= 0.6 is 22.7 Å². The fourth-order valence-corrected chi connectivity index (χ4v) is 7.97. The topological polar surface area (TPSA) is 72.8 Å². The van der Waals surface area contributed by atoms with Crippen molar-refractivity contribution in [3.8, 4) is 0 Å². The number of benzene rings is 1. The van der Waals surface area contributed by atoms with Crippen LogP contribution in [-0.4, -0.2) is 53.4 Å². The van der Waals surface area contributed by atoms with Gasteiger partial charge in [-0.1, -0.05) is 36.4 Å². The quantitative estimate of drug-likeness (QED) is 0.274. The second-order valence-corrected chi connectivity index (χ2v) is 12.6. The van der Waals surface area contributed by atoms with Gasteiger partial charge in [0.05, 0.1) is 35.5 Å². The van der Waals surface area contributed by atoms with Gasteiger partial charge in [-0.05, 0) is 41.8 Å². The number of ether oxygens (including phenoxy) is 2. The average Bonchev–Trinajstić information content (AvgIpc) is 3.66. The molecule has 210 valence electrons. The molecule has 6 nitrogen and oxygen atoms in total. The van der Waals surface area contributed by atoms with Gasteiger partial charge < -0.3 is 36.0 Å². The minimum absolute atomic E-state index is 0. The van der Waals surface area contributed by atoms with E-state index < -0.39 is 11.6 Å². The van der Waals surface area contributed by atoms with Crippen LogP contribution in [0.2, 0.25) is 0 Å². The van der Waals surface area contributed by atoms with Gasteiger partial charge in [0.1, 0.15) is 12.6 Å². The number of piperidine rings is 1. The maximum atomic E-state index is 13.5. The molecule has 2 aliphatic heterocycles. The summed E-state index contributed by atoms with van der Waals surface area (Å²) in [5.41, 5.74) is 0.665. The van der Waals surface area contributed by atoms with E-state index in [0.717, 1.165) is 42.3 Å². The Morgan fingerprint density at radius 3 is 2.05 bits per heavy atom. The van der Waals surface area contributed by atoms with E-state index >= 15 is 0 Å². The van der Waals surface area contributed by atoms with Crippen LogP contribution < -0.4 is 17.0 Å². The number of carbonyl (C=O) groups is 2. The first-order chi connectivity index (χ1) is 18.3. The van der Waals surface area contributed by atoms with Gasteiger partial charge in [0.2, 0.25) is 5.60 Å². The third-order valence-corrected chi connectivity index (χ3v) is 10.3. The van der Waals surface area contributed by atoms with Crippen LogP contribution in [-0.2, 0) is 37.6 Å². The highest BCUT2D eigenvalue weighted by molar-refractivity contribution is 7.12. The molecule has 4 atom stereocenters. The summed E-state index contributed by atoms with van der Waals surface area (Å²) in [5, 5.41) is 15.4. The zero-order valence-corrected chi connectivity index (χ0v) is 25.6. The first-order valence-electron chi connectivity index (χ1n) is 13.4. The molecule has 1 aromatic carbocycles. The summed E-state index contributed by atoms with van der Waals surface area (Å²) in [4.78, 5) is 26.3. The number of aliphatic hydroxyl groups is 1.